The van der Waals surface area contributed by atoms with Gasteiger partial charge in [-0.3, -0.25) is 0 Å². The first-order valence-corrected chi connectivity index (χ1v) is 7.59. The Morgan fingerprint density at radius 3 is 2.57 bits per heavy atom. The summed E-state index contributed by atoms with van der Waals surface area (Å²) >= 11 is 0. The number of hydrogen-bond acceptors (Lipinski definition) is 2. The third-order valence-corrected chi connectivity index (χ3v) is 3.26. The molecule has 0 aromatic heterocycles. The molecule has 0 heterocycles. The predicted octanol–water partition coefficient (Wildman–Crippen LogP) is 3.05. The van der Waals surface area contributed by atoms with Gasteiger partial charge in [0.25, 0.3) is 0 Å². The molecule has 2 N–H and O–H groups in total. The first-order chi connectivity index (χ1) is 11.1. The van der Waals surface area contributed by atoms with E-state index in [9.17, 15) is 9.18 Å². The molecule has 0 fully saturated rings. The molecule has 0 saturated heterocycles. The summed E-state index contributed by atoms with van der Waals surface area (Å²) in [5, 5.41) is 5.48. The van der Waals surface area contributed by atoms with Crippen LogP contribution in [-0.4, -0.2) is 25.7 Å². The molecule has 0 radical (unpaired) electrons. The third kappa shape index (κ3) is 6.38. The first-order valence-electron chi connectivity index (χ1n) is 7.59. The van der Waals surface area contributed by atoms with Gasteiger partial charge in [0, 0.05) is 6.54 Å². The number of nitrogens with one attached hydrogen (secondary N) is 2. The molecular formula is C18H21FN2O2. The van der Waals surface area contributed by atoms with Gasteiger partial charge in [-0.2, -0.15) is 0 Å². The summed E-state index contributed by atoms with van der Waals surface area (Å²) in [5.74, 6) is 0.539. The summed E-state index contributed by atoms with van der Waals surface area (Å²) in [6, 6.07) is 13.8. The van der Waals surface area contributed by atoms with Gasteiger partial charge in [0.2, 0.25) is 0 Å². The predicted molar refractivity (Wildman–Crippen MR) is 88.2 cm³/mol. The lowest BCUT2D eigenvalue weighted by molar-refractivity contribution is 0.236. The zero-order valence-electron chi connectivity index (χ0n) is 13.1. The molecule has 0 saturated carbocycles. The molecule has 2 rings (SSSR count). The molecule has 0 aliphatic heterocycles. The van der Waals surface area contributed by atoms with Gasteiger partial charge in [-0.15, -0.1) is 0 Å². The fourth-order valence-electron chi connectivity index (χ4n) is 2.07. The summed E-state index contributed by atoms with van der Waals surface area (Å²) in [4.78, 5) is 11.6. The number of carbonyl (C=O) groups excluding carboxylic acids is 1. The van der Waals surface area contributed by atoms with Crippen LogP contribution in [0.2, 0.25) is 0 Å². The Balaban J connectivity index is 1.57. The number of hydrogen-bond donors (Lipinski definition) is 2. The third-order valence-electron chi connectivity index (χ3n) is 3.26. The zero-order chi connectivity index (χ0) is 16.5. The second-order valence-corrected chi connectivity index (χ2v) is 5.22. The van der Waals surface area contributed by atoms with Crippen LogP contribution < -0.4 is 15.4 Å². The van der Waals surface area contributed by atoms with E-state index < -0.39 is 0 Å². The van der Waals surface area contributed by atoms with Crippen molar-refractivity contribution >= 4 is 6.03 Å². The van der Waals surface area contributed by atoms with Crippen LogP contribution >= 0.6 is 0 Å². The van der Waals surface area contributed by atoms with Crippen LogP contribution in [0.5, 0.6) is 5.75 Å². The van der Waals surface area contributed by atoms with Crippen LogP contribution in [0.15, 0.2) is 48.5 Å². The number of aryl methyl sites for hydroxylation is 1. The lowest BCUT2D eigenvalue weighted by Crippen LogP contribution is -2.38. The van der Waals surface area contributed by atoms with E-state index in [1.165, 1.54) is 12.1 Å². The average Bonchev–Trinajstić information content (AvgIpc) is 2.54. The molecule has 4 nitrogen and oxygen atoms in total. The smallest absolute Gasteiger partial charge is 0.314 e. The van der Waals surface area contributed by atoms with Gasteiger partial charge in [-0.05, 0) is 48.7 Å². The lowest BCUT2D eigenvalue weighted by Gasteiger charge is -2.09. The van der Waals surface area contributed by atoms with Crippen LogP contribution in [0.3, 0.4) is 0 Å². The van der Waals surface area contributed by atoms with Crippen molar-refractivity contribution in [2.75, 3.05) is 19.7 Å². The van der Waals surface area contributed by atoms with E-state index in [-0.39, 0.29) is 11.8 Å². The molecule has 2 aromatic carbocycles. The van der Waals surface area contributed by atoms with E-state index in [4.69, 9.17) is 4.74 Å². The number of amides is 2. The number of rotatable bonds is 7. The fourth-order valence-corrected chi connectivity index (χ4v) is 2.07. The Morgan fingerprint density at radius 2 is 1.83 bits per heavy atom. The fraction of sp³-hybridized carbons (Fsp3) is 0.278. The number of benzene rings is 2. The van der Waals surface area contributed by atoms with E-state index in [2.05, 4.69) is 10.6 Å². The van der Waals surface area contributed by atoms with E-state index in [0.717, 1.165) is 16.9 Å². The largest absolute Gasteiger partial charge is 0.492 e. The maximum atomic E-state index is 12.8. The van der Waals surface area contributed by atoms with E-state index in [0.29, 0.717) is 26.1 Å². The van der Waals surface area contributed by atoms with E-state index in [1.54, 1.807) is 12.1 Å². The summed E-state index contributed by atoms with van der Waals surface area (Å²) < 4.78 is 18.3. The monoisotopic (exact) mass is 316 g/mol. The Hall–Kier alpha value is -2.56. The van der Waals surface area contributed by atoms with Crippen LogP contribution in [0.1, 0.15) is 11.1 Å². The Bertz CT molecular complexity index is 629. The Morgan fingerprint density at radius 1 is 1.09 bits per heavy atom. The van der Waals surface area contributed by atoms with Gasteiger partial charge >= 0.3 is 6.03 Å². The van der Waals surface area contributed by atoms with Gasteiger partial charge in [0.05, 0.1) is 6.54 Å². The topological polar surface area (TPSA) is 50.4 Å². The van der Waals surface area contributed by atoms with Gasteiger partial charge in [0.15, 0.2) is 0 Å². The molecule has 23 heavy (non-hydrogen) atoms. The minimum absolute atomic E-state index is 0.236. The minimum Gasteiger partial charge on any atom is -0.492 e. The number of halogens is 1. The summed E-state index contributed by atoms with van der Waals surface area (Å²) in [6.45, 7) is 3.33. The minimum atomic E-state index is -0.256. The summed E-state index contributed by atoms with van der Waals surface area (Å²) in [6.07, 6.45) is 0.660. The van der Waals surface area contributed by atoms with Crippen LogP contribution in [0.4, 0.5) is 9.18 Å². The van der Waals surface area contributed by atoms with Gasteiger partial charge in [0.1, 0.15) is 18.2 Å². The first kappa shape index (κ1) is 16.8. The van der Waals surface area contributed by atoms with Crippen molar-refractivity contribution in [3.05, 3.63) is 65.5 Å². The number of carbonyl (C=O) groups is 1. The van der Waals surface area contributed by atoms with Crippen molar-refractivity contribution in [3.63, 3.8) is 0 Å². The van der Waals surface area contributed by atoms with Crippen molar-refractivity contribution in [1.29, 1.82) is 0 Å². The second kappa shape index (κ2) is 8.78. The molecule has 0 unspecified atom stereocenters. The molecule has 0 bridgehead atoms. The van der Waals surface area contributed by atoms with Crippen molar-refractivity contribution in [1.82, 2.24) is 10.6 Å². The van der Waals surface area contributed by atoms with Gasteiger partial charge < -0.3 is 15.4 Å². The van der Waals surface area contributed by atoms with Crippen molar-refractivity contribution in [2.24, 2.45) is 0 Å². The molecule has 0 atom stereocenters. The maximum absolute atomic E-state index is 12.8. The van der Waals surface area contributed by atoms with Gasteiger partial charge in [-0.1, -0.05) is 24.3 Å². The standard InChI is InChI=1S/C18H21FN2O2/c1-14-3-2-4-17(13-14)23-12-11-21-18(22)20-10-9-15-5-7-16(19)8-6-15/h2-8,13H,9-12H2,1H3,(H2,20,21,22). The summed E-state index contributed by atoms with van der Waals surface area (Å²) in [7, 11) is 0. The van der Waals surface area contributed by atoms with E-state index >= 15 is 0 Å². The summed E-state index contributed by atoms with van der Waals surface area (Å²) in [5.41, 5.74) is 2.11. The quantitative estimate of drug-likeness (QED) is 0.771. The van der Waals surface area contributed by atoms with Gasteiger partial charge in [-0.25, -0.2) is 9.18 Å². The van der Waals surface area contributed by atoms with Crippen molar-refractivity contribution < 1.29 is 13.9 Å². The van der Waals surface area contributed by atoms with E-state index in [1.807, 2.05) is 31.2 Å². The highest BCUT2D eigenvalue weighted by molar-refractivity contribution is 5.73. The molecule has 2 aromatic rings. The highest BCUT2D eigenvalue weighted by Crippen LogP contribution is 2.11. The normalized spacial score (nSPS) is 10.2. The number of ether oxygens (including phenoxy) is 1. The van der Waals surface area contributed by atoms with Crippen molar-refractivity contribution in [2.45, 2.75) is 13.3 Å². The highest BCUT2D eigenvalue weighted by atomic mass is 19.1. The zero-order valence-corrected chi connectivity index (χ0v) is 13.1. The number of urea groups is 1. The molecule has 122 valence electrons. The van der Waals surface area contributed by atoms with Crippen LogP contribution in [0.25, 0.3) is 0 Å². The van der Waals surface area contributed by atoms with Crippen molar-refractivity contribution in [3.8, 4) is 5.75 Å². The van der Waals surface area contributed by atoms with Crippen LogP contribution in [0, 0.1) is 12.7 Å². The SMILES string of the molecule is Cc1cccc(OCCNC(=O)NCCc2ccc(F)cc2)c1. The molecule has 0 spiro atoms. The molecule has 0 aliphatic carbocycles. The maximum Gasteiger partial charge on any atom is 0.314 e. The Labute approximate surface area is 135 Å². The lowest BCUT2D eigenvalue weighted by atomic mass is 10.1. The Kier molecular flexibility index (Phi) is 6.41. The highest BCUT2D eigenvalue weighted by Gasteiger charge is 2.00. The average molecular weight is 316 g/mol. The second-order valence-electron chi connectivity index (χ2n) is 5.22. The molecule has 2 amide bonds. The molecular weight excluding hydrogens is 295 g/mol. The molecule has 0 aliphatic rings. The molecule has 5 heteroatoms. The van der Waals surface area contributed by atoms with Crippen LogP contribution in [-0.2, 0) is 6.42 Å².